The average molecular weight is 462 g/mol. The van der Waals surface area contributed by atoms with Crippen LogP contribution < -0.4 is 4.90 Å². The normalized spacial score (nSPS) is 11.3. The lowest BCUT2D eigenvalue weighted by Gasteiger charge is -2.26. The van der Waals surface area contributed by atoms with Crippen molar-refractivity contribution in [1.82, 2.24) is 0 Å². The molecule has 0 radical (unpaired) electrons. The summed E-state index contributed by atoms with van der Waals surface area (Å²) in [6.45, 7) is 0. The monoisotopic (exact) mass is 461 g/mol. The molecule has 0 N–H and O–H groups in total. The molecule has 36 heavy (non-hydrogen) atoms. The van der Waals surface area contributed by atoms with Gasteiger partial charge in [-0.15, -0.1) is 0 Å². The van der Waals surface area contributed by atoms with Gasteiger partial charge in [-0.25, -0.2) is 0 Å². The van der Waals surface area contributed by atoms with Crippen molar-refractivity contribution in [3.05, 3.63) is 140 Å². The molecule has 0 unspecified atom stereocenters. The highest BCUT2D eigenvalue weighted by Gasteiger charge is 2.15. The zero-order valence-electron chi connectivity index (χ0n) is 19.6. The van der Waals surface area contributed by atoms with Gasteiger partial charge in [0.25, 0.3) is 0 Å². The Balaban J connectivity index is 1.34. The average Bonchev–Trinajstić information content (AvgIpc) is 3.33. The van der Waals surface area contributed by atoms with E-state index in [1.165, 1.54) is 10.8 Å². The van der Waals surface area contributed by atoms with Crippen LogP contribution in [0.5, 0.6) is 0 Å². The molecule has 0 bridgehead atoms. The van der Waals surface area contributed by atoms with Gasteiger partial charge in [0, 0.05) is 33.4 Å². The van der Waals surface area contributed by atoms with Crippen molar-refractivity contribution >= 4 is 49.8 Å². The van der Waals surface area contributed by atoms with Crippen molar-refractivity contribution in [2.75, 3.05) is 4.90 Å². The second kappa shape index (κ2) is 8.44. The largest absolute Gasteiger partial charge is 0.455 e. The standard InChI is InChI=1S/C34H23NO/c1-2-11-27(12-3-1)35(29-22-17-24-9-4-5-10-26(24)23-29)28-20-18-25(19-21-28)30-14-8-15-32-31-13-6-7-16-33(31)36-34(30)32/h1-23H. The Morgan fingerprint density at radius 3 is 1.97 bits per heavy atom. The first kappa shape index (κ1) is 20.5. The third-order valence-corrected chi connectivity index (χ3v) is 6.85. The summed E-state index contributed by atoms with van der Waals surface area (Å²) in [4.78, 5) is 2.30. The Kier molecular flexibility index (Phi) is 4.82. The minimum atomic E-state index is 0.920. The molecule has 2 nitrogen and oxygen atoms in total. The maximum absolute atomic E-state index is 6.28. The molecule has 7 aromatic rings. The molecule has 0 spiro atoms. The molecule has 1 aromatic heterocycles. The molecule has 0 atom stereocenters. The van der Waals surface area contributed by atoms with Crippen LogP contribution in [-0.4, -0.2) is 0 Å². The molecule has 170 valence electrons. The smallest absolute Gasteiger partial charge is 0.143 e. The molecule has 0 aliphatic carbocycles. The topological polar surface area (TPSA) is 16.4 Å². The fourth-order valence-corrected chi connectivity index (χ4v) is 5.10. The number of nitrogens with zero attached hydrogens (tertiary/aromatic N) is 1. The van der Waals surface area contributed by atoms with E-state index in [1.54, 1.807) is 0 Å². The lowest BCUT2D eigenvalue weighted by molar-refractivity contribution is 0.670. The number of para-hydroxylation sites is 3. The molecule has 7 rings (SSSR count). The van der Waals surface area contributed by atoms with Crippen LogP contribution in [0, 0.1) is 0 Å². The Labute approximate surface area is 209 Å². The van der Waals surface area contributed by atoms with Gasteiger partial charge in [-0.1, -0.05) is 97.1 Å². The van der Waals surface area contributed by atoms with E-state index in [0.29, 0.717) is 0 Å². The first-order valence-corrected chi connectivity index (χ1v) is 12.2. The van der Waals surface area contributed by atoms with Gasteiger partial charge in [0.1, 0.15) is 11.2 Å². The van der Waals surface area contributed by atoms with E-state index in [2.05, 4.69) is 132 Å². The molecule has 0 fully saturated rings. The molecule has 0 saturated heterocycles. The molecule has 1 heterocycles. The SMILES string of the molecule is c1ccc(N(c2ccc(-c3cccc4c3oc3ccccc34)cc2)c2ccc3ccccc3c2)cc1. The van der Waals surface area contributed by atoms with Crippen LogP contribution in [0.1, 0.15) is 0 Å². The molecule has 0 aliphatic heterocycles. The van der Waals surface area contributed by atoms with E-state index in [9.17, 15) is 0 Å². The number of hydrogen-bond donors (Lipinski definition) is 0. The van der Waals surface area contributed by atoms with Gasteiger partial charge >= 0.3 is 0 Å². The molecule has 6 aromatic carbocycles. The van der Waals surface area contributed by atoms with Gasteiger partial charge in [0.15, 0.2) is 0 Å². The minimum Gasteiger partial charge on any atom is -0.455 e. The highest BCUT2D eigenvalue weighted by atomic mass is 16.3. The zero-order chi connectivity index (χ0) is 23.9. The molecule has 0 aliphatic rings. The summed E-state index contributed by atoms with van der Waals surface area (Å²) in [6.07, 6.45) is 0. The fourth-order valence-electron chi connectivity index (χ4n) is 5.10. The van der Waals surface area contributed by atoms with Gasteiger partial charge in [-0.2, -0.15) is 0 Å². The van der Waals surface area contributed by atoms with Gasteiger partial charge in [0.05, 0.1) is 0 Å². The Morgan fingerprint density at radius 1 is 0.444 bits per heavy atom. The van der Waals surface area contributed by atoms with Crippen molar-refractivity contribution in [3.63, 3.8) is 0 Å². The molecule has 0 saturated carbocycles. The maximum atomic E-state index is 6.28. The number of furan rings is 1. The third kappa shape index (κ3) is 3.43. The fraction of sp³-hybridized carbons (Fsp3) is 0. The van der Waals surface area contributed by atoms with Crippen LogP contribution in [0.25, 0.3) is 43.8 Å². The predicted molar refractivity (Wildman–Crippen MR) is 151 cm³/mol. The Hall–Kier alpha value is -4.82. The van der Waals surface area contributed by atoms with E-state index in [4.69, 9.17) is 4.42 Å². The second-order valence-corrected chi connectivity index (χ2v) is 9.03. The van der Waals surface area contributed by atoms with Gasteiger partial charge in [-0.05, 0) is 58.8 Å². The quantitative estimate of drug-likeness (QED) is 0.259. The summed E-state index contributed by atoms with van der Waals surface area (Å²) < 4.78 is 6.28. The van der Waals surface area contributed by atoms with Crippen LogP contribution in [-0.2, 0) is 0 Å². The predicted octanol–water partition coefficient (Wildman–Crippen LogP) is 9.88. The summed E-state index contributed by atoms with van der Waals surface area (Å²) in [5.41, 5.74) is 7.45. The van der Waals surface area contributed by atoms with Crippen molar-refractivity contribution in [2.45, 2.75) is 0 Å². The highest BCUT2D eigenvalue weighted by molar-refractivity contribution is 6.09. The summed E-state index contributed by atoms with van der Waals surface area (Å²) in [5, 5.41) is 4.76. The highest BCUT2D eigenvalue weighted by Crippen LogP contribution is 2.39. The van der Waals surface area contributed by atoms with E-state index in [1.807, 2.05) is 12.1 Å². The van der Waals surface area contributed by atoms with Crippen molar-refractivity contribution < 1.29 is 4.42 Å². The van der Waals surface area contributed by atoms with Crippen LogP contribution in [0.4, 0.5) is 17.1 Å². The number of hydrogen-bond acceptors (Lipinski definition) is 2. The van der Waals surface area contributed by atoms with Gasteiger partial charge < -0.3 is 9.32 Å². The van der Waals surface area contributed by atoms with Gasteiger partial charge in [0.2, 0.25) is 0 Å². The molecule has 0 amide bonds. The van der Waals surface area contributed by atoms with Crippen LogP contribution in [0.3, 0.4) is 0 Å². The van der Waals surface area contributed by atoms with E-state index >= 15 is 0 Å². The molecular formula is C34H23NO. The van der Waals surface area contributed by atoms with Crippen molar-refractivity contribution in [3.8, 4) is 11.1 Å². The van der Waals surface area contributed by atoms with Crippen molar-refractivity contribution in [2.24, 2.45) is 0 Å². The first-order chi connectivity index (χ1) is 17.8. The van der Waals surface area contributed by atoms with Gasteiger partial charge in [-0.3, -0.25) is 0 Å². The summed E-state index contributed by atoms with van der Waals surface area (Å²) in [6, 6.07) is 49.0. The molecular weight excluding hydrogens is 438 g/mol. The van der Waals surface area contributed by atoms with E-state index in [-0.39, 0.29) is 0 Å². The third-order valence-electron chi connectivity index (χ3n) is 6.85. The van der Waals surface area contributed by atoms with Crippen LogP contribution in [0.2, 0.25) is 0 Å². The van der Waals surface area contributed by atoms with E-state index in [0.717, 1.165) is 50.1 Å². The first-order valence-electron chi connectivity index (χ1n) is 12.2. The lowest BCUT2D eigenvalue weighted by atomic mass is 10.0. The summed E-state index contributed by atoms with van der Waals surface area (Å²) >= 11 is 0. The number of fused-ring (bicyclic) bond motifs is 4. The summed E-state index contributed by atoms with van der Waals surface area (Å²) in [7, 11) is 0. The minimum absolute atomic E-state index is 0.920. The second-order valence-electron chi connectivity index (χ2n) is 9.03. The lowest BCUT2D eigenvalue weighted by Crippen LogP contribution is -2.09. The van der Waals surface area contributed by atoms with Crippen LogP contribution >= 0.6 is 0 Å². The van der Waals surface area contributed by atoms with Crippen LogP contribution in [0.15, 0.2) is 144 Å². The zero-order valence-corrected chi connectivity index (χ0v) is 19.6. The summed E-state index contributed by atoms with van der Waals surface area (Å²) in [5.74, 6) is 0. The Morgan fingerprint density at radius 2 is 1.11 bits per heavy atom. The number of benzene rings is 6. The van der Waals surface area contributed by atoms with Crippen molar-refractivity contribution in [1.29, 1.82) is 0 Å². The Bertz CT molecular complexity index is 1830. The molecule has 2 heteroatoms. The number of rotatable bonds is 4. The maximum Gasteiger partial charge on any atom is 0.143 e. The number of anilines is 3. The van der Waals surface area contributed by atoms with E-state index < -0.39 is 0 Å².